The van der Waals surface area contributed by atoms with Gasteiger partial charge in [0.05, 0.1) is 0 Å². The van der Waals surface area contributed by atoms with Gasteiger partial charge in [0.1, 0.15) is 5.52 Å². The Balaban J connectivity index is 3.03. The van der Waals surface area contributed by atoms with E-state index in [1.807, 2.05) is 0 Å². The fraction of sp³-hybridized carbons (Fsp3) is 0.125. The van der Waals surface area contributed by atoms with E-state index in [0.29, 0.717) is 10.6 Å². The molecule has 0 amide bonds. The second kappa shape index (κ2) is 2.89. The van der Waals surface area contributed by atoms with Gasteiger partial charge in [0.15, 0.2) is 5.58 Å². The highest BCUT2D eigenvalue weighted by atomic mass is 79.9. The minimum Gasteiger partial charge on any atom is -0.408 e. The van der Waals surface area contributed by atoms with Crippen molar-refractivity contribution in [1.82, 2.24) is 4.57 Å². The van der Waals surface area contributed by atoms with Gasteiger partial charge in [-0.05, 0) is 22.0 Å². The number of fused-ring (bicyclic) bond motifs is 1. The Bertz CT molecular complexity index is 529. The van der Waals surface area contributed by atoms with Gasteiger partial charge in [-0.15, -0.1) is 0 Å². The molecule has 13 heavy (non-hydrogen) atoms. The number of oxazole rings is 1. The molecule has 2 aromatic rings. The van der Waals surface area contributed by atoms with Crippen molar-refractivity contribution in [3.8, 4) is 0 Å². The van der Waals surface area contributed by atoms with Crippen LogP contribution in [0.15, 0.2) is 25.8 Å². The van der Waals surface area contributed by atoms with E-state index >= 15 is 0 Å². The highest BCUT2D eigenvalue weighted by molar-refractivity contribution is 9.10. The fourth-order valence-corrected chi connectivity index (χ4v) is 2.25. The van der Waals surface area contributed by atoms with Crippen molar-refractivity contribution in [3.63, 3.8) is 0 Å². The number of hydrogen-bond donors (Lipinski definition) is 0. The first-order valence-corrected chi connectivity index (χ1v) is 4.71. The summed E-state index contributed by atoms with van der Waals surface area (Å²) >= 11 is 9.09. The molecule has 1 aromatic heterocycles. The second-order valence-electron chi connectivity index (χ2n) is 2.66. The van der Waals surface area contributed by atoms with Crippen molar-refractivity contribution in [2.24, 2.45) is 7.05 Å². The molecule has 68 valence electrons. The van der Waals surface area contributed by atoms with E-state index in [-0.39, 0.29) is 0 Å². The third-order valence-electron chi connectivity index (χ3n) is 1.80. The lowest BCUT2D eigenvalue weighted by atomic mass is 10.3. The van der Waals surface area contributed by atoms with Crippen LogP contribution in [0.5, 0.6) is 0 Å². The maximum atomic E-state index is 11.1. The van der Waals surface area contributed by atoms with Crippen LogP contribution in [-0.4, -0.2) is 4.57 Å². The van der Waals surface area contributed by atoms with Gasteiger partial charge in [-0.3, -0.25) is 4.57 Å². The molecule has 0 radical (unpaired) electrons. The van der Waals surface area contributed by atoms with Crippen LogP contribution in [0.4, 0.5) is 0 Å². The van der Waals surface area contributed by atoms with Crippen LogP contribution in [0, 0.1) is 0 Å². The first-order valence-electron chi connectivity index (χ1n) is 3.54. The number of aromatic nitrogens is 1. The smallest absolute Gasteiger partial charge is 0.408 e. The zero-order valence-corrected chi connectivity index (χ0v) is 9.02. The monoisotopic (exact) mass is 261 g/mol. The SMILES string of the molecule is Cn1c(=O)oc2cc(Cl)cc(Br)c21. The molecule has 5 heteroatoms. The van der Waals surface area contributed by atoms with Crippen molar-refractivity contribution in [1.29, 1.82) is 0 Å². The maximum Gasteiger partial charge on any atom is 0.419 e. The Hall–Kier alpha value is -0.740. The van der Waals surface area contributed by atoms with Gasteiger partial charge in [0.25, 0.3) is 0 Å². The molecule has 0 fully saturated rings. The Morgan fingerprint density at radius 3 is 2.92 bits per heavy atom. The standard InChI is InChI=1S/C8H5BrClNO2/c1-11-7-5(9)2-4(10)3-6(7)13-8(11)12/h2-3H,1H3. The van der Waals surface area contributed by atoms with Crippen molar-refractivity contribution in [2.45, 2.75) is 0 Å². The van der Waals surface area contributed by atoms with Crippen molar-refractivity contribution < 1.29 is 4.42 Å². The van der Waals surface area contributed by atoms with E-state index in [2.05, 4.69) is 15.9 Å². The summed E-state index contributed by atoms with van der Waals surface area (Å²) in [6, 6.07) is 3.34. The minimum absolute atomic E-state index is 0.391. The van der Waals surface area contributed by atoms with Gasteiger partial charge in [-0.2, -0.15) is 0 Å². The van der Waals surface area contributed by atoms with Crippen molar-refractivity contribution in [2.75, 3.05) is 0 Å². The number of halogens is 2. The number of benzene rings is 1. The Morgan fingerprint density at radius 2 is 2.23 bits per heavy atom. The lowest BCUT2D eigenvalue weighted by Crippen LogP contribution is -2.08. The third-order valence-corrected chi connectivity index (χ3v) is 2.62. The van der Waals surface area contributed by atoms with E-state index < -0.39 is 5.76 Å². The van der Waals surface area contributed by atoms with E-state index in [1.165, 1.54) is 4.57 Å². The van der Waals surface area contributed by atoms with Crippen LogP contribution < -0.4 is 5.76 Å². The molecular formula is C8H5BrClNO2. The zero-order chi connectivity index (χ0) is 9.59. The molecule has 1 aromatic carbocycles. The average molecular weight is 262 g/mol. The van der Waals surface area contributed by atoms with Gasteiger partial charge < -0.3 is 4.42 Å². The molecule has 0 bridgehead atoms. The summed E-state index contributed by atoms with van der Waals surface area (Å²) in [5.74, 6) is -0.391. The van der Waals surface area contributed by atoms with Crippen molar-refractivity contribution >= 4 is 38.6 Å². The molecule has 0 aliphatic carbocycles. The Labute approximate surface area is 87.0 Å². The minimum atomic E-state index is -0.391. The van der Waals surface area contributed by atoms with Crippen LogP contribution in [0.1, 0.15) is 0 Å². The van der Waals surface area contributed by atoms with Crippen LogP contribution in [-0.2, 0) is 7.05 Å². The molecule has 1 heterocycles. The summed E-state index contributed by atoms with van der Waals surface area (Å²) in [5, 5.41) is 0.536. The molecule has 0 spiro atoms. The summed E-state index contributed by atoms with van der Waals surface area (Å²) in [4.78, 5) is 11.1. The predicted molar refractivity (Wildman–Crippen MR) is 54.2 cm³/mol. The summed E-state index contributed by atoms with van der Waals surface area (Å²) in [6.07, 6.45) is 0. The van der Waals surface area contributed by atoms with E-state index in [0.717, 1.165) is 9.99 Å². The largest absolute Gasteiger partial charge is 0.419 e. The lowest BCUT2D eigenvalue weighted by Gasteiger charge is -1.95. The first kappa shape index (κ1) is 8.84. The topological polar surface area (TPSA) is 35.1 Å². The number of nitrogens with zero attached hydrogens (tertiary/aromatic N) is 1. The molecule has 0 N–H and O–H groups in total. The molecular weight excluding hydrogens is 257 g/mol. The van der Waals surface area contributed by atoms with Crippen LogP contribution in [0.3, 0.4) is 0 Å². The Morgan fingerprint density at radius 1 is 1.54 bits per heavy atom. The quantitative estimate of drug-likeness (QED) is 0.731. The van der Waals surface area contributed by atoms with Gasteiger partial charge >= 0.3 is 5.76 Å². The number of aryl methyl sites for hydroxylation is 1. The van der Waals surface area contributed by atoms with Gasteiger partial charge in [-0.1, -0.05) is 11.6 Å². The highest BCUT2D eigenvalue weighted by Crippen LogP contribution is 2.26. The molecule has 2 rings (SSSR count). The highest BCUT2D eigenvalue weighted by Gasteiger charge is 2.09. The second-order valence-corrected chi connectivity index (χ2v) is 3.95. The summed E-state index contributed by atoms with van der Waals surface area (Å²) in [7, 11) is 1.65. The van der Waals surface area contributed by atoms with E-state index in [4.69, 9.17) is 16.0 Å². The molecule has 0 unspecified atom stereocenters. The maximum absolute atomic E-state index is 11.1. The lowest BCUT2D eigenvalue weighted by molar-refractivity contribution is 0.528. The molecule has 0 saturated carbocycles. The van der Waals surface area contributed by atoms with Gasteiger partial charge in [0, 0.05) is 22.6 Å². The number of hydrogen-bond acceptors (Lipinski definition) is 2. The predicted octanol–water partition coefficient (Wildman–Crippen LogP) is 2.55. The number of rotatable bonds is 0. The van der Waals surface area contributed by atoms with Gasteiger partial charge in [-0.25, -0.2) is 4.79 Å². The molecule has 3 nitrogen and oxygen atoms in total. The van der Waals surface area contributed by atoms with Crippen molar-refractivity contribution in [3.05, 3.63) is 32.2 Å². The fourth-order valence-electron chi connectivity index (χ4n) is 1.20. The molecule has 0 saturated heterocycles. The first-order chi connectivity index (χ1) is 6.09. The summed E-state index contributed by atoms with van der Waals surface area (Å²) in [6.45, 7) is 0. The van der Waals surface area contributed by atoms with Gasteiger partial charge in [0.2, 0.25) is 0 Å². The molecule has 0 aliphatic rings. The summed E-state index contributed by atoms with van der Waals surface area (Å²) in [5.41, 5.74) is 1.21. The molecule has 0 atom stereocenters. The normalized spacial score (nSPS) is 11.0. The summed E-state index contributed by atoms with van der Waals surface area (Å²) < 4.78 is 7.13. The average Bonchev–Trinajstić information content (AvgIpc) is 2.27. The zero-order valence-electron chi connectivity index (χ0n) is 6.67. The van der Waals surface area contributed by atoms with Crippen LogP contribution >= 0.6 is 27.5 Å². The van der Waals surface area contributed by atoms with E-state index in [1.54, 1.807) is 19.2 Å². The van der Waals surface area contributed by atoms with Crippen LogP contribution in [0.25, 0.3) is 11.1 Å². The molecule has 0 aliphatic heterocycles. The Kier molecular flexibility index (Phi) is 1.96. The third kappa shape index (κ3) is 1.30. The van der Waals surface area contributed by atoms with E-state index in [9.17, 15) is 4.79 Å². The van der Waals surface area contributed by atoms with Crippen LogP contribution in [0.2, 0.25) is 5.02 Å².